The Labute approximate surface area is 107 Å². The molecule has 0 aliphatic carbocycles. The van der Waals surface area contributed by atoms with Gasteiger partial charge in [-0.05, 0) is 23.3 Å². The zero-order valence-electron chi connectivity index (χ0n) is 10.2. The van der Waals surface area contributed by atoms with Crippen molar-refractivity contribution in [2.75, 3.05) is 7.11 Å². The highest BCUT2D eigenvalue weighted by Gasteiger charge is 2.07. The highest BCUT2D eigenvalue weighted by Crippen LogP contribution is 2.32. The highest BCUT2D eigenvalue weighted by molar-refractivity contribution is 5.83. The summed E-state index contributed by atoms with van der Waals surface area (Å²) in [6.07, 6.45) is 4.07. The van der Waals surface area contributed by atoms with E-state index in [1.807, 2.05) is 48.5 Å². The third-order valence-electron chi connectivity index (χ3n) is 2.71. The van der Waals surface area contributed by atoms with Crippen LogP contribution in [0.3, 0.4) is 0 Å². The van der Waals surface area contributed by atoms with E-state index in [1.165, 1.54) is 6.08 Å². The minimum absolute atomic E-state index is 0.777. The second kappa shape index (κ2) is 5.82. The number of rotatable bonds is 4. The molecular weight excluding hydrogens is 224 g/mol. The van der Waals surface area contributed by atoms with E-state index in [4.69, 9.17) is 4.74 Å². The van der Waals surface area contributed by atoms with E-state index in [9.17, 15) is 4.79 Å². The first-order valence-electron chi connectivity index (χ1n) is 5.71. The maximum atomic E-state index is 10.4. The van der Waals surface area contributed by atoms with Gasteiger partial charge in [0.1, 0.15) is 12.0 Å². The van der Waals surface area contributed by atoms with Crippen LogP contribution in [0.1, 0.15) is 5.56 Å². The minimum Gasteiger partial charge on any atom is -0.496 e. The van der Waals surface area contributed by atoms with Gasteiger partial charge in [0.25, 0.3) is 0 Å². The molecule has 2 aromatic rings. The number of carbonyl (C=O) groups is 1. The van der Waals surface area contributed by atoms with Crippen LogP contribution in [0.5, 0.6) is 5.75 Å². The van der Waals surface area contributed by atoms with Gasteiger partial charge < -0.3 is 4.74 Å². The van der Waals surface area contributed by atoms with Crippen molar-refractivity contribution in [2.45, 2.75) is 0 Å². The Kier molecular flexibility index (Phi) is 3.92. The number of methoxy groups -OCH3 is 1. The molecule has 0 aliphatic rings. The van der Waals surface area contributed by atoms with Crippen molar-refractivity contribution < 1.29 is 9.53 Å². The van der Waals surface area contributed by atoms with Crippen molar-refractivity contribution >= 4 is 12.4 Å². The molecule has 2 nitrogen and oxygen atoms in total. The van der Waals surface area contributed by atoms with Gasteiger partial charge in [-0.3, -0.25) is 4.79 Å². The number of carbonyl (C=O) groups excluding carboxylic acids is 1. The lowest BCUT2D eigenvalue weighted by molar-refractivity contribution is -0.104. The molecule has 2 heteroatoms. The van der Waals surface area contributed by atoms with E-state index < -0.39 is 0 Å². The maximum Gasteiger partial charge on any atom is 0.142 e. The van der Waals surface area contributed by atoms with Crippen LogP contribution in [0.4, 0.5) is 0 Å². The number of allylic oxidation sites excluding steroid dienone is 1. The number of hydrogen-bond donors (Lipinski definition) is 0. The van der Waals surface area contributed by atoms with Gasteiger partial charge in [0.05, 0.1) is 7.11 Å². The van der Waals surface area contributed by atoms with Crippen molar-refractivity contribution in [1.29, 1.82) is 0 Å². The van der Waals surface area contributed by atoms with E-state index in [0.717, 1.165) is 28.7 Å². The molecule has 0 heterocycles. The van der Waals surface area contributed by atoms with Gasteiger partial charge in [-0.15, -0.1) is 0 Å². The van der Waals surface area contributed by atoms with Crippen molar-refractivity contribution in [3.8, 4) is 16.9 Å². The van der Waals surface area contributed by atoms with Crippen molar-refractivity contribution in [3.63, 3.8) is 0 Å². The summed E-state index contributed by atoms with van der Waals surface area (Å²) >= 11 is 0. The van der Waals surface area contributed by atoms with Crippen LogP contribution >= 0.6 is 0 Å². The molecule has 0 bridgehead atoms. The Balaban J connectivity index is 2.56. The summed E-state index contributed by atoms with van der Waals surface area (Å²) in [6.45, 7) is 0. The summed E-state index contributed by atoms with van der Waals surface area (Å²) < 4.78 is 5.37. The number of ether oxygens (including phenoxy) is 1. The van der Waals surface area contributed by atoms with Crippen LogP contribution < -0.4 is 4.74 Å². The van der Waals surface area contributed by atoms with Crippen LogP contribution in [0.25, 0.3) is 17.2 Å². The molecule has 90 valence electrons. The Hall–Kier alpha value is -2.35. The van der Waals surface area contributed by atoms with Gasteiger partial charge in [0.2, 0.25) is 0 Å². The summed E-state index contributed by atoms with van der Waals surface area (Å²) in [5.74, 6) is 0.824. The van der Waals surface area contributed by atoms with Gasteiger partial charge >= 0.3 is 0 Å². The second-order valence-corrected chi connectivity index (χ2v) is 3.78. The predicted molar refractivity (Wildman–Crippen MR) is 73.5 cm³/mol. The summed E-state index contributed by atoms with van der Waals surface area (Å²) in [5, 5.41) is 0. The molecule has 0 radical (unpaired) electrons. The number of aldehydes is 1. The maximum absolute atomic E-state index is 10.4. The Bertz CT molecular complexity index is 571. The van der Waals surface area contributed by atoms with E-state index in [0.29, 0.717) is 0 Å². The van der Waals surface area contributed by atoms with Gasteiger partial charge in [-0.25, -0.2) is 0 Å². The molecule has 0 saturated heterocycles. The molecule has 0 aliphatic heterocycles. The summed E-state index contributed by atoms with van der Waals surface area (Å²) in [7, 11) is 1.66. The van der Waals surface area contributed by atoms with Crippen molar-refractivity contribution in [2.24, 2.45) is 0 Å². The van der Waals surface area contributed by atoms with E-state index in [1.54, 1.807) is 13.2 Å². The molecule has 2 aromatic carbocycles. The number of benzene rings is 2. The second-order valence-electron chi connectivity index (χ2n) is 3.78. The third kappa shape index (κ3) is 2.48. The lowest BCUT2D eigenvalue weighted by Crippen LogP contribution is -1.89. The Morgan fingerprint density at radius 2 is 1.61 bits per heavy atom. The van der Waals surface area contributed by atoms with E-state index in [-0.39, 0.29) is 0 Å². The molecule has 18 heavy (non-hydrogen) atoms. The first-order chi connectivity index (χ1) is 8.86. The van der Waals surface area contributed by atoms with Crippen LogP contribution in [-0.4, -0.2) is 13.4 Å². The van der Waals surface area contributed by atoms with Crippen LogP contribution in [0.15, 0.2) is 54.6 Å². The molecule has 0 saturated carbocycles. The minimum atomic E-state index is 0.777. The highest BCUT2D eigenvalue weighted by atomic mass is 16.5. The molecular formula is C16H14O2. The van der Waals surface area contributed by atoms with Crippen molar-refractivity contribution in [3.05, 3.63) is 60.2 Å². The predicted octanol–water partition coefficient (Wildman–Crippen LogP) is 3.57. The summed E-state index contributed by atoms with van der Waals surface area (Å²) in [5.41, 5.74) is 3.06. The molecule has 0 fully saturated rings. The largest absolute Gasteiger partial charge is 0.496 e. The molecule has 0 unspecified atom stereocenters. The normalized spacial score (nSPS) is 10.5. The topological polar surface area (TPSA) is 26.3 Å². The van der Waals surface area contributed by atoms with Gasteiger partial charge in [-0.1, -0.05) is 48.5 Å². The van der Waals surface area contributed by atoms with E-state index in [2.05, 4.69) is 0 Å². The molecule has 0 amide bonds. The smallest absolute Gasteiger partial charge is 0.142 e. The van der Waals surface area contributed by atoms with E-state index >= 15 is 0 Å². The fraction of sp³-hybridized carbons (Fsp3) is 0.0625. The average Bonchev–Trinajstić information content (AvgIpc) is 2.45. The number of hydrogen-bond acceptors (Lipinski definition) is 2. The van der Waals surface area contributed by atoms with Gasteiger partial charge in [-0.2, -0.15) is 0 Å². The van der Waals surface area contributed by atoms with Crippen LogP contribution in [-0.2, 0) is 4.79 Å². The average molecular weight is 238 g/mol. The molecule has 0 spiro atoms. The third-order valence-corrected chi connectivity index (χ3v) is 2.71. The Morgan fingerprint density at radius 1 is 0.944 bits per heavy atom. The molecule has 0 N–H and O–H groups in total. The molecule has 2 rings (SSSR count). The standard InChI is InChI=1S/C16H14O2/c1-18-16-11-5-4-10-15(16)14-9-3-2-7-13(14)8-6-12-17/h2-12H,1H3/b8-6+. The van der Waals surface area contributed by atoms with Crippen LogP contribution in [0, 0.1) is 0 Å². The molecule has 0 atom stereocenters. The monoisotopic (exact) mass is 238 g/mol. The van der Waals surface area contributed by atoms with Gasteiger partial charge in [0, 0.05) is 5.56 Å². The number of para-hydroxylation sites is 1. The summed E-state index contributed by atoms with van der Waals surface area (Å²) in [6, 6.07) is 15.7. The van der Waals surface area contributed by atoms with Gasteiger partial charge in [0.15, 0.2) is 0 Å². The zero-order valence-corrected chi connectivity index (χ0v) is 10.2. The SMILES string of the molecule is COc1ccccc1-c1ccccc1/C=C/C=O. The first kappa shape index (κ1) is 12.1. The fourth-order valence-corrected chi connectivity index (χ4v) is 1.90. The first-order valence-corrected chi connectivity index (χ1v) is 5.71. The zero-order chi connectivity index (χ0) is 12.8. The lowest BCUT2D eigenvalue weighted by Gasteiger charge is -2.10. The summed E-state index contributed by atoms with van der Waals surface area (Å²) in [4.78, 5) is 10.4. The quantitative estimate of drug-likeness (QED) is 0.601. The fourth-order valence-electron chi connectivity index (χ4n) is 1.90. The lowest BCUT2D eigenvalue weighted by atomic mass is 9.98. The van der Waals surface area contributed by atoms with Crippen LogP contribution in [0.2, 0.25) is 0 Å². The van der Waals surface area contributed by atoms with Crippen molar-refractivity contribution in [1.82, 2.24) is 0 Å². The molecule has 0 aromatic heterocycles. The Morgan fingerprint density at radius 3 is 2.33 bits per heavy atom.